The Hall–Kier alpha value is -2.08. The van der Waals surface area contributed by atoms with Crippen molar-refractivity contribution in [1.29, 1.82) is 0 Å². The van der Waals surface area contributed by atoms with E-state index in [0.717, 1.165) is 6.54 Å². The summed E-state index contributed by atoms with van der Waals surface area (Å²) in [5, 5.41) is 12.2. The molecule has 0 saturated carbocycles. The Morgan fingerprint density at radius 2 is 2.33 bits per heavy atom. The van der Waals surface area contributed by atoms with E-state index in [1.54, 1.807) is 29.7 Å². The van der Waals surface area contributed by atoms with Gasteiger partial charge in [-0.25, -0.2) is 9.78 Å². The number of ether oxygens (including phenoxy) is 1. The van der Waals surface area contributed by atoms with Gasteiger partial charge >= 0.3 is 5.97 Å². The third-order valence-electron chi connectivity index (χ3n) is 2.71. The third kappa shape index (κ3) is 2.02. The Balaban J connectivity index is 2.64. The fraction of sp³-hybridized carbons (Fsp3) is 0.333. The van der Waals surface area contributed by atoms with Crippen molar-refractivity contribution in [3.63, 3.8) is 0 Å². The SMILES string of the molecule is CNCCc1nc(C(=O)O)c2cccc(OC)n12. The van der Waals surface area contributed by atoms with E-state index < -0.39 is 5.97 Å². The Kier molecular flexibility index (Phi) is 3.47. The van der Waals surface area contributed by atoms with Crippen LogP contribution >= 0.6 is 0 Å². The van der Waals surface area contributed by atoms with Crippen molar-refractivity contribution < 1.29 is 14.6 Å². The monoisotopic (exact) mass is 249 g/mol. The number of pyridine rings is 1. The molecule has 0 bridgehead atoms. The van der Waals surface area contributed by atoms with Gasteiger partial charge in [0.25, 0.3) is 0 Å². The van der Waals surface area contributed by atoms with Gasteiger partial charge in [0.2, 0.25) is 0 Å². The van der Waals surface area contributed by atoms with Crippen LogP contribution in [0.4, 0.5) is 0 Å². The van der Waals surface area contributed by atoms with Gasteiger partial charge in [-0.05, 0) is 19.2 Å². The number of imidazole rings is 1. The zero-order valence-electron chi connectivity index (χ0n) is 10.3. The molecule has 96 valence electrons. The van der Waals surface area contributed by atoms with E-state index in [1.165, 1.54) is 0 Å². The number of carboxylic acid groups (broad SMARTS) is 1. The summed E-state index contributed by atoms with van der Waals surface area (Å²) in [6, 6.07) is 5.26. The zero-order chi connectivity index (χ0) is 13.1. The fourth-order valence-corrected chi connectivity index (χ4v) is 1.90. The van der Waals surface area contributed by atoms with Crippen molar-refractivity contribution in [3.05, 3.63) is 29.7 Å². The molecule has 6 nitrogen and oxygen atoms in total. The lowest BCUT2D eigenvalue weighted by Gasteiger charge is -2.06. The molecule has 0 aliphatic carbocycles. The molecule has 0 unspecified atom stereocenters. The molecule has 18 heavy (non-hydrogen) atoms. The maximum Gasteiger partial charge on any atom is 0.356 e. The zero-order valence-corrected chi connectivity index (χ0v) is 10.3. The van der Waals surface area contributed by atoms with Crippen molar-refractivity contribution in [3.8, 4) is 5.88 Å². The maximum absolute atomic E-state index is 11.2. The lowest BCUT2D eigenvalue weighted by atomic mass is 10.3. The van der Waals surface area contributed by atoms with E-state index >= 15 is 0 Å². The number of aromatic nitrogens is 2. The summed E-state index contributed by atoms with van der Waals surface area (Å²) in [6.45, 7) is 0.718. The number of nitrogens with zero attached hydrogens (tertiary/aromatic N) is 2. The molecule has 2 N–H and O–H groups in total. The molecule has 2 heterocycles. The molecule has 6 heteroatoms. The van der Waals surface area contributed by atoms with Gasteiger partial charge in [-0.2, -0.15) is 0 Å². The van der Waals surface area contributed by atoms with E-state index in [0.29, 0.717) is 23.6 Å². The van der Waals surface area contributed by atoms with Crippen LogP contribution in [0.1, 0.15) is 16.3 Å². The number of hydrogen-bond acceptors (Lipinski definition) is 4. The Labute approximate surface area is 104 Å². The summed E-state index contributed by atoms with van der Waals surface area (Å²) in [7, 11) is 3.39. The van der Waals surface area contributed by atoms with Crippen LogP contribution in [0.2, 0.25) is 0 Å². The Morgan fingerprint density at radius 3 is 2.94 bits per heavy atom. The molecule has 0 aliphatic heterocycles. The van der Waals surface area contributed by atoms with Crippen LogP contribution in [0.15, 0.2) is 18.2 Å². The summed E-state index contributed by atoms with van der Waals surface area (Å²) in [5.41, 5.74) is 0.605. The highest BCUT2D eigenvalue weighted by molar-refractivity contribution is 5.93. The molecule has 0 spiro atoms. The van der Waals surface area contributed by atoms with Gasteiger partial charge in [0, 0.05) is 13.0 Å². The van der Waals surface area contributed by atoms with Gasteiger partial charge in [0.05, 0.1) is 12.6 Å². The lowest BCUT2D eigenvalue weighted by molar-refractivity contribution is 0.0693. The molecule has 2 rings (SSSR count). The van der Waals surface area contributed by atoms with E-state index in [2.05, 4.69) is 10.3 Å². The van der Waals surface area contributed by atoms with E-state index in [4.69, 9.17) is 9.84 Å². The smallest absolute Gasteiger partial charge is 0.356 e. The van der Waals surface area contributed by atoms with Gasteiger partial charge in [-0.15, -0.1) is 0 Å². The quantitative estimate of drug-likeness (QED) is 0.819. The molecule has 0 aliphatic rings. The van der Waals surface area contributed by atoms with E-state index in [-0.39, 0.29) is 5.69 Å². The molecule has 2 aromatic rings. The number of hydrogen-bond donors (Lipinski definition) is 2. The average Bonchev–Trinajstić information content (AvgIpc) is 2.75. The second kappa shape index (κ2) is 5.05. The van der Waals surface area contributed by atoms with E-state index in [1.807, 2.05) is 7.05 Å². The van der Waals surface area contributed by atoms with Gasteiger partial charge < -0.3 is 15.2 Å². The predicted molar refractivity (Wildman–Crippen MR) is 66.3 cm³/mol. The van der Waals surface area contributed by atoms with Crippen LogP contribution in [-0.4, -0.2) is 41.2 Å². The summed E-state index contributed by atoms with van der Waals surface area (Å²) in [6.07, 6.45) is 0.630. The molecular weight excluding hydrogens is 234 g/mol. The number of carbonyl (C=O) groups is 1. The molecule has 0 atom stereocenters. The van der Waals surface area contributed by atoms with Gasteiger partial charge in [0.15, 0.2) is 11.6 Å². The normalized spacial score (nSPS) is 10.8. The number of likely N-dealkylation sites (N-methyl/N-ethyl adjacent to an activating group) is 1. The molecule has 0 fully saturated rings. The minimum Gasteiger partial charge on any atom is -0.482 e. The van der Waals surface area contributed by atoms with Crippen molar-refractivity contribution >= 4 is 11.5 Å². The van der Waals surface area contributed by atoms with Crippen LogP contribution in [0.25, 0.3) is 5.52 Å². The van der Waals surface area contributed by atoms with Gasteiger partial charge in [0.1, 0.15) is 5.82 Å². The molecule has 2 aromatic heterocycles. The standard InChI is InChI=1S/C12H15N3O3/c1-13-7-6-9-14-11(12(16)17)8-4-3-5-10(18-2)15(8)9/h3-5,13H,6-7H2,1-2H3,(H,16,17). The number of nitrogens with one attached hydrogen (secondary N) is 1. The number of fused-ring (bicyclic) bond motifs is 1. The first-order valence-electron chi connectivity index (χ1n) is 5.61. The second-order valence-electron chi connectivity index (χ2n) is 3.82. The van der Waals surface area contributed by atoms with Crippen molar-refractivity contribution in [1.82, 2.24) is 14.7 Å². The topological polar surface area (TPSA) is 75.9 Å². The Bertz CT molecular complexity index is 577. The molecule has 0 saturated heterocycles. The lowest BCUT2D eigenvalue weighted by Crippen LogP contribution is -2.12. The van der Waals surface area contributed by atoms with Crippen LogP contribution in [-0.2, 0) is 6.42 Å². The highest BCUT2D eigenvalue weighted by Gasteiger charge is 2.18. The summed E-state index contributed by atoms with van der Waals surface area (Å²) >= 11 is 0. The van der Waals surface area contributed by atoms with Crippen molar-refractivity contribution in [2.24, 2.45) is 0 Å². The van der Waals surface area contributed by atoms with Crippen LogP contribution in [0, 0.1) is 0 Å². The first-order valence-corrected chi connectivity index (χ1v) is 5.61. The maximum atomic E-state index is 11.2. The van der Waals surface area contributed by atoms with E-state index in [9.17, 15) is 4.79 Å². The van der Waals surface area contributed by atoms with Crippen molar-refractivity contribution in [2.45, 2.75) is 6.42 Å². The van der Waals surface area contributed by atoms with Gasteiger partial charge in [-0.3, -0.25) is 4.40 Å². The highest BCUT2D eigenvalue weighted by atomic mass is 16.5. The van der Waals surface area contributed by atoms with Crippen LogP contribution in [0.3, 0.4) is 0 Å². The first kappa shape index (κ1) is 12.4. The fourth-order valence-electron chi connectivity index (χ4n) is 1.90. The van der Waals surface area contributed by atoms with Crippen LogP contribution in [0.5, 0.6) is 5.88 Å². The molecular formula is C12H15N3O3. The highest BCUT2D eigenvalue weighted by Crippen LogP contribution is 2.21. The Morgan fingerprint density at radius 1 is 1.56 bits per heavy atom. The largest absolute Gasteiger partial charge is 0.482 e. The predicted octanol–water partition coefficient (Wildman–Crippen LogP) is 0.803. The number of rotatable bonds is 5. The minimum atomic E-state index is -1.03. The summed E-state index contributed by atoms with van der Waals surface area (Å²) in [5.74, 6) is 0.226. The summed E-state index contributed by atoms with van der Waals surface area (Å²) < 4.78 is 6.99. The number of carboxylic acids is 1. The number of aromatic carboxylic acids is 1. The molecule has 0 amide bonds. The minimum absolute atomic E-state index is 0.0556. The summed E-state index contributed by atoms with van der Waals surface area (Å²) in [4.78, 5) is 15.3. The molecule has 0 aromatic carbocycles. The number of methoxy groups -OCH3 is 1. The van der Waals surface area contributed by atoms with Crippen molar-refractivity contribution in [2.75, 3.05) is 20.7 Å². The van der Waals surface area contributed by atoms with Crippen LogP contribution < -0.4 is 10.1 Å². The van der Waals surface area contributed by atoms with Gasteiger partial charge in [-0.1, -0.05) is 6.07 Å². The average molecular weight is 249 g/mol. The first-order chi connectivity index (χ1) is 8.69. The third-order valence-corrected chi connectivity index (χ3v) is 2.71. The second-order valence-corrected chi connectivity index (χ2v) is 3.82. The molecule has 0 radical (unpaired) electrons.